The van der Waals surface area contributed by atoms with E-state index >= 15 is 0 Å². The number of aliphatic carboxylic acids is 1. The molecule has 5 nitrogen and oxygen atoms in total. The van der Waals surface area contributed by atoms with E-state index in [9.17, 15) is 9.59 Å². The fourth-order valence-corrected chi connectivity index (χ4v) is 0.129. The molecule has 0 saturated heterocycles. The Hall–Kier alpha value is -1.10. The zero-order chi connectivity index (χ0) is 11.1. The lowest BCUT2D eigenvalue weighted by Gasteiger charge is -1.85. The molecule has 0 unspecified atom stereocenters. The van der Waals surface area contributed by atoms with Crippen LogP contribution in [-0.2, 0) is 14.3 Å². The summed E-state index contributed by atoms with van der Waals surface area (Å²) in [6.45, 7) is 3.95. The number of carbonyl (C=O) groups excluding carboxylic acids is 1. The molecule has 80 valence electrons. The molecule has 0 aliphatic heterocycles. The number of methoxy groups -OCH3 is 1. The third-order valence-electron chi connectivity index (χ3n) is 0.337. The van der Waals surface area contributed by atoms with Crippen LogP contribution in [0.2, 0.25) is 0 Å². The number of carboxylic acids is 1. The lowest BCUT2D eigenvalue weighted by Crippen LogP contribution is -2.20. The zero-order valence-electron chi connectivity index (χ0n) is 8.66. The summed E-state index contributed by atoms with van der Waals surface area (Å²) in [5, 5.41) is 9.79. The summed E-state index contributed by atoms with van der Waals surface area (Å²) in [5.41, 5.74) is 0. The normalized spacial score (nSPS) is 6.77. The molecular formula is C8H19NO4. The van der Waals surface area contributed by atoms with Gasteiger partial charge in [-0.15, -0.1) is 0 Å². The van der Waals surface area contributed by atoms with Gasteiger partial charge in [0.25, 0.3) is 0 Å². The van der Waals surface area contributed by atoms with Crippen LogP contribution in [0.1, 0.15) is 20.3 Å². The van der Waals surface area contributed by atoms with Gasteiger partial charge in [0.2, 0.25) is 6.41 Å². The maximum absolute atomic E-state index is 9.54. The molecular weight excluding hydrogens is 174 g/mol. The molecule has 2 N–H and O–H groups in total. The Labute approximate surface area is 79.1 Å². The number of amides is 1. The van der Waals surface area contributed by atoms with E-state index in [0.717, 1.165) is 0 Å². The number of hydrogen-bond donors (Lipinski definition) is 2. The monoisotopic (exact) mass is 193 g/mol. The molecule has 0 rings (SSSR count). The van der Waals surface area contributed by atoms with E-state index in [-0.39, 0.29) is 6.54 Å². The minimum absolute atomic E-state index is 0.302. The Morgan fingerprint density at radius 3 is 1.85 bits per heavy atom. The van der Waals surface area contributed by atoms with Gasteiger partial charge in [0.05, 0.1) is 0 Å². The Kier molecular flexibility index (Phi) is 30.8. The average molecular weight is 193 g/mol. The van der Waals surface area contributed by atoms with Gasteiger partial charge < -0.3 is 15.2 Å². The SMILES string of the molecule is CCC.COC.O=CNCC(=O)O. The first-order valence-corrected chi connectivity index (χ1v) is 3.89. The van der Waals surface area contributed by atoms with Gasteiger partial charge in [-0.25, -0.2) is 0 Å². The van der Waals surface area contributed by atoms with Crippen molar-refractivity contribution in [3.05, 3.63) is 0 Å². The van der Waals surface area contributed by atoms with Crippen LogP contribution in [0.4, 0.5) is 0 Å². The summed E-state index contributed by atoms with van der Waals surface area (Å²) in [7, 11) is 3.25. The van der Waals surface area contributed by atoms with Crippen molar-refractivity contribution in [1.82, 2.24) is 5.32 Å². The molecule has 0 aromatic carbocycles. The van der Waals surface area contributed by atoms with Crippen LogP contribution in [0, 0.1) is 0 Å². The third-order valence-corrected chi connectivity index (χ3v) is 0.337. The molecule has 1 amide bonds. The predicted octanol–water partition coefficient (Wildman–Crippen LogP) is 0.496. The van der Waals surface area contributed by atoms with E-state index in [1.165, 1.54) is 6.42 Å². The Bertz CT molecular complexity index is 104. The molecule has 13 heavy (non-hydrogen) atoms. The molecule has 0 aromatic heterocycles. The lowest BCUT2D eigenvalue weighted by molar-refractivity contribution is -0.136. The quantitative estimate of drug-likeness (QED) is 0.640. The van der Waals surface area contributed by atoms with E-state index in [0.29, 0.717) is 6.41 Å². The van der Waals surface area contributed by atoms with Gasteiger partial charge in [-0.2, -0.15) is 0 Å². The Morgan fingerprint density at radius 1 is 1.46 bits per heavy atom. The van der Waals surface area contributed by atoms with Crippen molar-refractivity contribution in [1.29, 1.82) is 0 Å². The smallest absolute Gasteiger partial charge is 0.322 e. The van der Waals surface area contributed by atoms with Gasteiger partial charge in [0, 0.05) is 14.2 Å². The number of hydrogen-bond acceptors (Lipinski definition) is 3. The highest BCUT2D eigenvalue weighted by Gasteiger charge is 1.88. The van der Waals surface area contributed by atoms with Gasteiger partial charge in [-0.1, -0.05) is 20.3 Å². The zero-order valence-corrected chi connectivity index (χ0v) is 8.66. The van der Waals surface area contributed by atoms with Crippen molar-refractivity contribution in [3.63, 3.8) is 0 Å². The molecule has 0 fully saturated rings. The minimum atomic E-state index is -1.04. The molecule has 0 bridgehead atoms. The van der Waals surface area contributed by atoms with E-state index < -0.39 is 5.97 Å². The molecule has 5 heteroatoms. The van der Waals surface area contributed by atoms with Crippen LogP contribution in [0.25, 0.3) is 0 Å². The summed E-state index contributed by atoms with van der Waals surface area (Å²) in [5.74, 6) is -1.04. The maximum Gasteiger partial charge on any atom is 0.322 e. The summed E-state index contributed by atoms with van der Waals surface area (Å²) >= 11 is 0. The number of rotatable bonds is 3. The molecule has 0 saturated carbocycles. The fourth-order valence-electron chi connectivity index (χ4n) is 0.129. The van der Waals surface area contributed by atoms with Gasteiger partial charge in [-0.3, -0.25) is 9.59 Å². The number of carbonyl (C=O) groups is 2. The van der Waals surface area contributed by atoms with Crippen LogP contribution in [0.3, 0.4) is 0 Å². The average Bonchev–Trinajstić information content (AvgIpc) is 2.04. The topological polar surface area (TPSA) is 75.6 Å². The molecule has 0 aliphatic rings. The molecule has 0 spiro atoms. The van der Waals surface area contributed by atoms with Gasteiger partial charge >= 0.3 is 5.97 Å². The fraction of sp³-hybridized carbons (Fsp3) is 0.750. The van der Waals surface area contributed by atoms with Gasteiger partial charge in [0.15, 0.2) is 0 Å². The molecule has 0 aliphatic carbocycles. The summed E-state index contributed by atoms with van der Waals surface area (Å²) in [6, 6.07) is 0. The highest BCUT2D eigenvalue weighted by molar-refractivity contribution is 5.71. The summed E-state index contributed by atoms with van der Waals surface area (Å²) in [6.07, 6.45) is 1.59. The summed E-state index contributed by atoms with van der Waals surface area (Å²) in [4.78, 5) is 18.9. The number of nitrogens with one attached hydrogen (secondary N) is 1. The first kappa shape index (κ1) is 17.8. The van der Waals surface area contributed by atoms with Crippen LogP contribution in [-0.4, -0.2) is 38.3 Å². The van der Waals surface area contributed by atoms with E-state index in [1.54, 1.807) is 14.2 Å². The van der Waals surface area contributed by atoms with E-state index in [4.69, 9.17) is 5.11 Å². The molecule has 0 radical (unpaired) electrons. The van der Waals surface area contributed by atoms with Crippen molar-refractivity contribution >= 4 is 12.4 Å². The highest BCUT2D eigenvalue weighted by Crippen LogP contribution is 1.56. The molecule has 0 heterocycles. The lowest BCUT2D eigenvalue weighted by atomic mass is 10.6. The maximum atomic E-state index is 9.54. The highest BCUT2D eigenvalue weighted by atomic mass is 16.4. The van der Waals surface area contributed by atoms with E-state index in [2.05, 4.69) is 18.6 Å². The van der Waals surface area contributed by atoms with Crippen LogP contribution >= 0.6 is 0 Å². The first-order chi connectivity index (χ1) is 6.10. The Morgan fingerprint density at radius 2 is 1.77 bits per heavy atom. The van der Waals surface area contributed by atoms with Crippen molar-refractivity contribution in [2.24, 2.45) is 0 Å². The number of ether oxygens (including phenoxy) is 1. The summed E-state index contributed by atoms with van der Waals surface area (Å²) < 4.78 is 4.25. The van der Waals surface area contributed by atoms with Crippen molar-refractivity contribution in [3.8, 4) is 0 Å². The van der Waals surface area contributed by atoms with Gasteiger partial charge in [-0.05, 0) is 0 Å². The van der Waals surface area contributed by atoms with Crippen LogP contribution in [0.15, 0.2) is 0 Å². The Balaban J connectivity index is -0.000000140. The minimum Gasteiger partial charge on any atom is -0.480 e. The van der Waals surface area contributed by atoms with Crippen LogP contribution in [0.5, 0.6) is 0 Å². The largest absolute Gasteiger partial charge is 0.480 e. The second kappa shape index (κ2) is 22.4. The second-order valence-electron chi connectivity index (χ2n) is 2.01. The predicted molar refractivity (Wildman–Crippen MR) is 50.6 cm³/mol. The second-order valence-corrected chi connectivity index (χ2v) is 2.01. The molecule has 0 aromatic rings. The van der Waals surface area contributed by atoms with Crippen molar-refractivity contribution < 1.29 is 19.4 Å². The van der Waals surface area contributed by atoms with Gasteiger partial charge in [0.1, 0.15) is 6.54 Å². The number of carboxylic acid groups (broad SMARTS) is 1. The van der Waals surface area contributed by atoms with E-state index in [1.807, 2.05) is 5.32 Å². The van der Waals surface area contributed by atoms with Crippen molar-refractivity contribution in [2.45, 2.75) is 20.3 Å². The first-order valence-electron chi connectivity index (χ1n) is 3.89. The van der Waals surface area contributed by atoms with Crippen LogP contribution < -0.4 is 5.32 Å². The molecule has 0 atom stereocenters. The van der Waals surface area contributed by atoms with Crippen molar-refractivity contribution in [2.75, 3.05) is 20.8 Å². The third kappa shape index (κ3) is 103. The standard InChI is InChI=1S/C3H5NO3.C3H8.C2H6O/c5-2-4-1-3(6)7;2*1-3-2/h2H,1H2,(H,4,5)(H,6,7);3H2,1-2H3;1-2H3.